The van der Waals surface area contributed by atoms with Gasteiger partial charge in [0, 0.05) is 24.6 Å². The van der Waals surface area contributed by atoms with E-state index in [1.807, 2.05) is 0 Å². The molecule has 0 aromatic carbocycles. The van der Waals surface area contributed by atoms with Gasteiger partial charge in [0.25, 0.3) is 0 Å². The molecule has 16 heavy (non-hydrogen) atoms. The summed E-state index contributed by atoms with van der Waals surface area (Å²) in [5, 5.41) is 9.60. The van der Waals surface area contributed by atoms with Gasteiger partial charge in [0.15, 0.2) is 0 Å². The lowest BCUT2D eigenvalue weighted by Gasteiger charge is -2.40. The molecule has 1 heterocycles. The molecule has 2 unspecified atom stereocenters. The Morgan fingerprint density at radius 3 is 2.75 bits per heavy atom. The Morgan fingerprint density at radius 2 is 2.25 bits per heavy atom. The van der Waals surface area contributed by atoms with Gasteiger partial charge in [-0.15, -0.1) is 0 Å². The zero-order valence-corrected chi connectivity index (χ0v) is 11.0. The molecule has 2 atom stereocenters. The minimum atomic E-state index is -0.0188. The van der Waals surface area contributed by atoms with Gasteiger partial charge in [0.1, 0.15) is 0 Å². The van der Waals surface area contributed by atoms with E-state index in [2.05, 4.69) is 25.8 Å². The maximum absolute atomic E-state index is 9.60. The van der Waals surface area contributed by atoms with E-state index in [1.165, 1.54) is 12.8 Å². The van der Waals surface area contributed by atoms with E-state index in [9.17, 15) is 5.11 Å². The third-order valence-electron chi connectivity index (χ3n) is 3.78. The van der Waals surface area contributed by atoms with Crippen LogP contribution in [-0.4, -0.2) is 49.5 Å². The van der Waals surface area contributed by atoms with Crippen molar-refractivity contribution in [1.82, 2.24) is 4.90 Å². The molecule has 1 rings (SSSR count). The quantitative estimate of drug-likeness (QED) is 0.755. The van der Waals surface area contributed by atoms with Crippen LogP contribution in [0.25, 0.3) is 0 Å². The van der Waals surface area contributed by atoms with E-state index >= 15 is 0 Å². The van der Waals surface area contributed by atoms with Crippen molar-refractivity contribution in [1.29, 1.82) is 0 Å². The number of aliphatic hydroxyl groups excluding tert-OH is 1. The molecule has 1 saturated heterocycles. The number of ether oxygens (including phenoxy) is 1. The molecule has 0 bridgehead atoms. The molecule has 0 aromatic heterocycles. The van der Waals surface area contributed by atoms with Crippen molar-refractivity contribution in [3.63, 3.8) is 0 Å². The summed E-state index contributed by atoms with van der Waals surface area (Å²) in [5.74, 6) is 0. The van der Waals surface area contributed by atoms with Crippen LogP contribution in [-0.2, 0) is 4.74 Å². The van der Waals surface area contributed by atoms with Crippen LogP contribution >= 0.6 is 0 Å². The minimum absolute atomic E-state index is 0.0188. The van der Waals surface area contributed by atoms with Crippen LogP contribution in [0.2, 0.25) is 0 Å². The summed E-state index contributed by atoms with van der Waals surface area (Å²) in [5.41, 5.74) is -0.0188. The molecule has 96 valence electrons. The topological polar surface area (TPSA) is 32.7 Å². The predicted molar refractivity (Wildman–Crippen MR) is 66.6 cm³/mol. The van der Waals surface area contributed by atoms with Crippen LogP contribution < -0.4 is 0 Å². The van der Waals surface area contributed by atoms with Gasteiger partial charge in [0.05, 0.1) is 13.2 Å². The van der Waals surface area contributed by atoms with E-state index in [0.717, 1.165) is 26.0 Å². The fourth-order valence-corrected chi connectivity index (χ4v) is 2.53. The van der Waals surface area contributed by atoms with Crippen molar-refractivity contribution in [2.75, 3.05) is 33.4 Å². The van der Waals surface area contributed by atoms with Crippen molar-refractivity contribution in [2.45, 2.75) is 45.6 Å². The number of nitrogens with zero attached hydrogens (tertiary/aromatic N) is 1. The third kappa shape index (κ3) is 3.72. The van der Waals surface area contributed by atoms with E-state index in [0.29, 0.717) is 12.6 Å². The van der Waals surface area contributed by atoms with Crippen molar-refractivity contribution < 1.29 is 9.84 Å². The molecule has 0 spiro atoms. The number of rotatable bonds is 6. The van der Waals surface area contributed by atoms with Crippen LogP contribution in [0.3, 0.4) is 0 Å². The monoisotopic (exact) mass is 229 g/mol. The summed E-state index contributed by atoms with van der Waals surface area (Å²) in [6.45, 7) is 7.25. The highest BCUT2D eigenvalue weighted by molar-refractivity contribution is 4.85. The molecular formula is C13H27NO2. The fraction of sp³-hybridized carbons (Fsp3) is 1.00. The summed E-state index contributed by atoms with van der Waals surface area (Å²) in [6, 6.07) is 0.593. The lowest BCUT2D eigenvalue weighted by Crippen LogP contribution is -2.46. The highest BCUT2D eigenvalue weighted by Gasteiger charge is 2.34. The first kappa shape index (κ1) is 13.9. The second-order valence-corrected chi connectivity index (χ2v) is 5.37. The molecule has 0 amide bonds. The van der Waals surface area contributed by atoms with Gasteiger partial charge >= 0.3 is 0 Å². The smallest absolute Gasteiger partial charge is 0.0556 e. The minimum Gasteiger partial charge on any atom is -0.396 e. The molecule has 1 N–H and O–H groups in total. The summed E-state index contributed by atoms with van der Waals surface area (Å²) in [6.07, 6.45) is 4.61. The molecule has 0 saturated carbocycles. The summed E-state index contributed by atoms with van der Waals surface area (Å²) in [7, 11) is 2.16. The SMILES string of the molecule is CCCC(C)N(C)CC1(CO)CCCOC1. The van der Waals surface area contributed by atoms with E-state index < -0.39 is 0 Å². The van der Waals surface area contributed by atoms with Gasteiger partial charge in [-0.1, -0.05) is 13.3 Å². The van der Waals surface area contributed by atoms with E-state index in [1.54, 1.807) is 0 Å². The molecule has 3 heteroatoms. The Balaban J connectivity index is 2.48. The van der Waals surface area contributed by atoms with Crippen LogP contribution in [0.4, 0.5) is 0 Å². The van der Waals surface area contributed by atoms with Gasteiger partial charge in [-0.2, -0.15) is 0 Å². The Hall–Kier alpha value is -0.120. The van der Waals surface area contributed by atoms with Gasteiger partial charge in [-0.3, -0.25) is 0 Å². The highest BCUT2D eigenvalue weighted by Crippen LogP contribution is 2.29. The molecule has 0 radical (unpaired) electrons. The van der Waals surface area contributed by atoms with Crippen molar-refractivity contribution in [3.8, 4) is 0 Å². The van der Waals surface area contributed by atoms with Gasteiger partial charge in [0.2, 0.25) is 0 Å². The zero-order valence-electron chi connectivity index (χ0n) is 11.0. The number of hydrogen-bond acceptors (Lipinski definition) is 3. The first-order valence-electron chi connectivity index (χ1n) is 6.52. The second kappa shape index (κ2) is 6.58. The Bertz CT molecular complexity index is 190. The predicted octanol–water partition coefficient (Wildman–Crippen LogP) is 1.90. The summed E-state index contributed by atoms with van der Waals surface area (Å²) >= 11 is 0. The summed E-state index contributed by atoms with van der Waals surface area (Å²) < 4.78 is 5.53. The standard InChI is InChI=1S/C13H27NO2/c1-4-6-12(2)14(3)9-13(10-15)7-5-8-16-11-13/h12,15H,4-11H2,1-3H3. The molecule has 0 aromatic rings. The third-order valence-corrected chi connectivity index (χ3v) is 3.78. The molecule has 3 nitrogen and oxygen atoms in total. The number of hydrogen-bond donors (Lipinski definition) is 1. The van der Waals surface area contributed by atoms with Gasteiger partial charge < -0.3 is 14.7 Å². The fourth-order valence-electron chi connectivity index (χ4n) is 2.53. The first-order chi connectivity index (χ1) is 7.63. The number of aliphatic hydroxyl groups is 1. The van der Waals surface area contributed by atoms with Crippen LogP contribution in [0, 0.1) is 5.41 Å². The Labute approximate surface area is 99.8 Å². The summed E-state index contributed by atoms with van der Waals surface area (Å²) in [4.78, 5) is 2.37. The molecular weight excluding hydrogens is 202 g/mol. The van der Waals surface area contributed by atoms with Crippen LogP contribution in [0.15, 0.2) is 0 Å². The molecule has 0 aliphatic carbocycles. The van der Waals surface area contributed by atoms with E-state index in [-0.39, 0.29) is 12.0 Å². The average molecular weight is 229 g/mol. The maximum Gasteiger partial charge on any atom is 0.0556 e. The lowest BCUT2D eigenvalue weighted by atomic mass is 9.82. The van der Waals surface area contributed by atoms with Gasteiger partial charge in [-0.05, 0) is 33.2 Å². The average Bonchev–Trinajstić information content (AvgIpc) is 2.30. The maximum atomic E-state index is 9.60. The van der Waals surface area contributed by atoms with E-state index in [4.69, 9.17) is 4.74 Å². The molecule has 1 aliphatic heterocycles. The highest BCUT2D eigenvalue weighted by atomic mass is 16.5. The molecule has 1 aliphatic rings. The normalized spacial score (nSPS) is 28.3. The second-order valence-electron chi connectivity index (χ2n) is 5.37. The largest absolute Gasteiger partial charge is 0.396 e. The van der Waals surface area contributed by atoms with Crippen molar-refractivity contribution >= 4 is 0 Å². The van der Waals surface area contributed by atoms with Crippen molar-refractivity contribution in [2.24, 2.45) is 5.41 Å². The van der Waals surface area contributed by atoms with Gasteiger partial charge in [-0.25, -0.2) is 0 Å². The first-order valence-corrected chi connectivity index (χ1v) is 6.52. The lowest BCUT2D eigenvalue weighted by molar-refractivity contribution is -0.0565. The van der Waals surface area contributed by atoms with Crippen LogP contribution in [0.5, 0.6) is 0 Å². The zero-order chi connectivity index (χ0) is 12.0. The Morgan fingerprint density at radius 1 is 1.50 bits per heavy atom. The molecule has 1 fully saturated rings. The van der Waals surface area contributed by atoms with Crippen LogP contribution in [0.1, 0.15) is 39.5 Å². The Kier molecular flexibility index (Phi) is 5.73. The van der Waals surface area contributed by atoms with Crippen molar-refractivity contribution in [3.05, 3.63) is 0 Å².